The number of halogens is 2. The zero-order chi connectivity index (χ0) is 20.3. The molecular formula is C21H19ClFNO3S. The first-order valence-corrected chi connectivity index (χ1v) is 10.3. The Morgan fingerprint density at radius 1 is 1.00 bits per heavy atom. The zero-order valence-electron chi connectivity index (χ0n) is 15.3. The van der Waals surface area contributed by atoms with E-state index in [9.17, 15) is 12.8 Å². The Kier molecular flexibility index (Phi) is 5.91. The lowest BCUT2D eigenvalue weighted by Crippen LogP contribution is -2.34. The fourth-order valence-electron chi connectivity index (χ4n) is 2.95. The Morgan fingerprint density at radius 2 is 1.64 bits per heavy atom. The molecule has 0 aliphatic rings. The quantitative estimate of drug-likeness (QED) is 0.534. The second kappa shape index (κ2) is 8.20. The van der Waals surface area contributed by atoms with Crippen LogP contribution in [0.15, 0.2) is 77.7 Å². The van der Waals surface area contributed by atoms with Crippen LogP contribution in [0.2, 0.25) is 5.02 Å². The SMILES string of the molecule is COc1ccc(N([C@H](C)c2ccccc2)S(=O)(=O)c2cc(Cl)ccc2F)cc1. The van der Waals surface area contributed by atoms with Crippen molar-refractivity contribution < 1.29 is 17.5 Å². The molecule has 0 radical (unpaired) electrons. The van der Waals surface area contributed by atoms with Crippen molar-refractivity contribution in [3.05, 3.63) is 89.2 Å². The first-order valence-electron chi connectivity index (χ1n) is 8.53. The second-order valence-electron chi connectivity index (χ2n) is 6.16. The number of anilines is 1. The molecule has 0 heterocycles. The van der Waals surface area contributed by atoms with E-state index in [4.69, 9.17) is 16.3 Å². The molecule has 0 fully saturated rings. The van der Waals surface area contributed by atoms with E-state index in [-0.39, 0.29) is 5.02 Å². The van der Waals surface area contributed by atoms with Crippen LogP contribution in [0, 0.1) is 5.82 Å². The number of methoxy groups -OCH3 is 1. The number of nitrogens with zero attached hydrogens (tertiary/aromatic N) is 1. The predicted octanol–water partition coefficient (Wildman–Crippen LogP) is 5.44. The van der Waals surface area contributed by atoms with Gasteiger partial charge in [-0.3, -0.25) is 4.31 Å². The molecule has 1 atom stereocenters. The lowest BCUT2D eigenvalue weighted by atomic mass is 10.1. The first-order chi connectivity index (χ1) is 13.3. The van der Waals surface area contributed by atoms with Crippen LogP contribution in [-0.4, -0.2) is 15.5 Å². The summed E-state index contributed by atoms with van der Waals surface area (Å²) in [7, 11) is -2.72. The van der Waals surface area contributed by atoms with E-state index in [0.717, 1.165) is 17.7 Å². The van der Waals surface area contributed by atoms with E-state index in [1.54, 1.807) is 31.2 Å². The second-order valence-corrected chi connectivity index (χ2v) is 8.38. The van der Waals surface area contributed by atoms with Gasteiger partial charge in [-0.1, -0.05) is 41.9 Å². The largest absolute Gasteiger partial charge is 0.497 e. The number of rotatable bonds is 6. The van der Waals surface area contributed by atoms with Gasteiger partial charge in [0.15, 0.2) is 0 Å². The average Bonchev–Trinajstić information content (AvgIpc) is 2.71. The highest BCUT2D eigenvalue weighted by atomic mass is 35.5. The van der Waals surface area contributed by atoms with E-state index in [1.807, 2.05) is 30.3 Å². The van der Waals surface area contributed by atoms with Crippen molar-refractivity contribution in [1.82, 2.24) is 0 Å². The topological polar surface area (TPSA) is 46.6 Å². The maximum absolute atomic E-state index is 14.4. The smallest absolute Gasteiger partial charge is 0.267 e. The number of hydrogen-bond donors (Lipinski definition) is 0. The maximum Gasteiger partial charge on any atom is 0.267 e. The standard InChI is InChI=1S/C21H19ClFNO3S/c1-15(16-6-4-3-5-7-16)24(18-9-11-19(27-2)12-10-18)28(25,26)21-14-17(22)8-13-20(21)23/h3-15H,1-2H3/t15-/m1/s1. The van der Waals surface area contributed by atoms with Gasteiger partial charge in [-0.05, 0) is 55.0 Å². The molecule has 28 heavy (non-hydrogen) atoms. The van der Waals surface area contributed by atoms with E-state index >= 15 is 0 Å². The number of sulfonamides is 1. The van der Waals surface area contributed by atoms with Gasteiger partial charge in [0.05, 0.1) is 18.8 Å². The van der Waals surface area contributed by atoms with Gasteiger partial charge >= 0.3 is 0 Å². The van der Waals surface area contributed by atoms with Gasteiger partial charge in [-0.25, -0.2) is 12.8 Å². The highest BCUT2D eigenvalue weighted by Crippen LogP contribution is 2.35. The minimum Gasteiger partial charge on any atom is -0.497 e. The zero-order valence-corrected chi connectivity index (χ0v) is 16.9. The van der Waals surface area contributed by atoms with Gasteiger partial charge in [-0.2, -0.15) is 0 Å². The number of benzene rings is 3. The van der Waals surface area contributed by atoms with Gasteiger partial charge in [-0.15, -0.1) is 0 Å². The summed E-state index contributed by atoms with van der Waals surface area (Å²) in [6, 6.07) is 18.6. The summed E-state index contributed by atoms with van der Waals surface area (Å²) in [5.41, 5.74) is 1.15. The first kappa shape index (κ1) is 20.2. The Bertz CT molecular complexity index is 1060. The highest BCUT2D eigenvalue weighted by Gasteiger charge is 2.32. The molecule has 0 unspecified atom stereocenters. The lowest BCUT2D eigenvalue weighted by molar-refractivity contribution is 0.415. The van der Waals surface area contributed by atoms with Crippen molar-refractivity contribution in [2.24, 2.45) is 0 Å². The average molecular weight is 420 g/mol. The molecule has 0 amide bonds. The Morgan fingerprint density at radius 3 is 2.25 bits per heavy atom. The summed E-state index contributed by atoms with van der Waals surface area (Å²) in [5.74, 6) is -0.273. The molecule has 0 aliphatic heterocycles. The third kappa shape index (κ3) is 3.98. The summed E-state index contributed by atoms with van der Waals surface area (Å²) >= 11 is 5.94. The Labute approximate surface area is 169 Å². The van der Waals surface area contributed by atoms with Gasteiger partial charge in [0.25, 0.3) is 10.0 Å². The third-order valence-electron chi connectivity index (χ3n) is 4.39. The lowest BCUT2D eigenvalue weighted by Gasteiger charge is -2.31. The minimum atomic E-state index is -4.24. The Balaban J connectivity index is 2.18. The molecule has 0 N–H and O–H groups in total. The van der Waals surface area contributed by atoms with Crippen molar-refractivity contribution in [3.8, 4) is 5.75 Å². The predicted molar refractivity (Wildman–Crippen MR) is 109 cm³/mol. The fourth-order valence-corrected chi connectivity index (χ4v) is 4.92. The van der Waals surface area contributed by atoms with Gasteiger partial charge in [0.2, 0.25) is 0 Å². The molecule has 3 rings (SSSR count). The molecule has 3 aromatic carbocycles. The molecule has 0 spiro atoms. The van der Waals surface area contributed by atoms with Crippen LogP contribution < -0.4 is 9.04 Å². The van der Waals surface area contributed by atoms with Crippen LogP contribution >= 0.6 is 11.6 Å². The third-order valence-corrected chi connectivity index (χ3v) is 6.54. The molecule has 0 saturated heterocycles. The fraction of sp³-hybridized carbons (Fsp3) is 0.143. The van der Waals surface area contributed by atoms with Crippen LogP contribution in [0.25, 0.3) is 0 Å². The molecule has 0 aromatic heterocycles. The van der Waals surface area contributed by atoms with Gasteiger partial charge in [0, 0.05) is 5.02 Å². The van der Waals surface area contributed by atoms with Crippen LogP contribution in [0.1, 0.15) is 18.5 Å². The summed E-state index contributed by atoms with van der Waals surface area (Å²) < 4.78 is 47.7. The summed E-state index contributed by atoms with van der Waals surface area (Å²) in [6.45, 7) is 1.75. The van der Waals surface area contributed by atoms with Crippen LogP contribution in [-0.2, 0) is 10.0 Å². The normalized spacial score (nSPS) is 12.4. The monoisotopic (exact) mass is 419 g/mol. The van der Waals surface area contributed by atoms with E-state index < -0.39 is 26.8 Å². The van der Waals surface area contributed by atoms with Crippen molar-refractivity contribution in [2.75, 3.05) is 11.4 Å². The molecule has 7 heteroatoms. The van der Waals surface area contributed by atoms with Gasteiger partial charge < -0.3 is 4.74 Å². The van der Waals surface area contributed by atoms with Crippen molar-refractivity contribution >= 4 is 27.3 Å². The maximum atomic E-state index is 14.4. The molecule has 0 saturated carbocycles. The summed E-state index contributed by atoms with van der Waals surface area (Å²) in [6.07, 6.45) is 0. The van der Waals surface area contributed by atoms with E-state index in [1.165, 1.54) is 17.5 Å². The minimum absolute atomic E-state index is 0.141. The van der Waals surface area contributed by atoms with E-state index in [0.29, 0.717) is 11.4 Å². The molecule has 146 valence electrons. The molecule has 0 aliphatic carbocycles. The van der Waals surface area contributed by atoms with Crippen LogP contribution in [0.3, 0.4) is 0 Å². The number of ether oxygens (including phenoxy) is 1. The summed E-state index contributed by atoms with van der Waals surface area (Å²) in [4.78, 5) is -0.474. The summed E-state index contributed by atoms with van der Waals surface area (Å²) in [5, 5.41) is 0.141. The van der Waals surface area contributed by atoms with Crippen molar-refractivity contribution in [1.29, 1.82) is 0 Å². The molecular weight excluding hydrogens is 401 g/mol. The van der Waals surface area contributed by atoms with Crippen LogP contribution in [0.5, 0.6) is 5.75 Å². The molecule has 0 bridgehead atoms. The molecule has 4 nitrogen and oxygen atoms in total. The highest BCUT2D eigenvalue weighted by molar-refractivity contribution is 7.92. The van der Waals surface area contributed by atoms with Crippen molar-refractivity contribution in [2.45, 2.75) is 17.9 Å². The Hall–Kier alpha value is -2.57. The molecule has 3 aromatic rings. The van der Waals surface area contributed by atoms with Gasteiger partial charge in [0.1, 0.15) is 16.5 Å². The van der Waals surface area contributed by atoms with Crippen molar-refractivity contribution in [3.63, 3.8) is 0 Å². The van der Waals surface area contributed by atoms with E-state index in [2.05, 4.69) is 0 Å². The number of hydrogen-bond acceptors (Lipinski definition) is 3. The van der Waals surface area contributed by atoms with Crippen LogP contribution in [0.4, 0.5) is 10.1 Å².